The minimum absolute atomic E-state index is 0.103. The smallest absolute Gasteiger partial charge is 0.261 e. The quantitative estimate of drug-likeness (QED) is 0.530. The SMILES string of the molecule is CN(Cc1cc(-c2ccccn2)no1)C(=O)Cn1cnc2ccccc2c1=O. The Bertz CT molecular complexity index is 1180. The van der Waals surface area contributed by atoms with E-state index in [0.717, 1.165) is 0 Å². The maximum absolute atomic E-state index is 12.5. The van der Waals surface area contributed by atoms with Gasteiger partial charge in [-0.3, -0.25) is 19.1 Å². The molecule has 0 radical (unpaired) electrons. The summed E-state index contributed by atoms with van der Waals surface area (Å²) in [6.07, 6.45) is 3.07. The number of hydrogen-bond donors (Lipinski definition) is 0. The van der Waals surface area contributed by atoms with Crippen molar-refractivity contribution >= 4 is 16.8 Å². The predicted molar refractivity (Wildman–Crippen MR) is 102 cm³/mol. The molecule has 0 aliphatic rings. The summed E-state index contributed by atoms with van der Waals surface area (Å²) >= 11 is 0. The lowest BCUT2D eigenvalue weighted by Gasteiger charge is -2.16. The number of fused-ring (bicyclic) bond motifs is 1. The van der Waals surface area contributed by atoms with Crippen LogP contribution in [0, 0.1) is 0 Å². The van der Waals surface area contributed by atoms with Crippen molar-refractivity contribution in [2.45, 2.75) is 13.1 Å². The number of nitrogens with zero attached hydrogens (tertiary/aromatic N) is 5. The van der Waals surface area contributed by atoms with Crippen LogP contribution < -0.4 is 5.56 Å². The summed E-state index contributed by atoms with van der Waals surface area (Å²) in [4.78, 5) is 35.0. The van der Waals surface area contributed by atoms with Gasteiger partial charge in [-0.05, 0) is 24.3 Å². The van der Waals surface area contributed by atoms with E-state index in [4.69, 9.17) is 4.52 Å². The van der Waals surface area contributed by atoms with Crippen molar-refractivity contribution in [1.82, 2.24) is 24.6 Å². The first-order valence-electron chi connectivity index (χ1n) is 8.67. The number of hydrogen-bond acceptors (Lipinski definition) is 6. The number of benzene rings is 1. The van der Waals surface area contributed by atoms with Crippen LogP contribution in [0.15, 0.2) is 70.4 Å². The number of para-hydroxylation sites is 1. The Labute approximate surface area is 160 Å². The highest BCUT2D eigenvalue weighted by Crippen LogP contribution is 2.17. The molecule has 3 aromatic heterocycles. The van der Waals surface area contributed by atoms with E-state index >= 15 is 0 Å². The Balaban J connectivity index is 1.47. The van der Waals surface area contributed by atoms with Crippen molar-refractivity contribution in [3.8, 4) is 11.4 Å². The minimum atomic E-state index is -0.246. The lowest BCUT2D eigenvalue weighted by atomic mass is 10.2. The van der Waals surface area contributed by atoms with Gasteiger partial charge in [0.15, 0.2) is 5.76 Å². The van der Waals surface area contributed by atoms with Gasteiger partial charge in [-0.25, -0.2) is 4.98 Å². The van der Waals surface area contributed by atoms with Gasteiger partial charge in [0.1, 0.15) is 12.2 Å². The Morgan fingerprint density at radius 2 is 1.93 bits per heavy atom. The van der Waals surface area contributed by atoms with Crippen LogP contribution in [0.25, 0.3) is 22.3 Å². The molecule has 8 heteroatoms. The van der Waals surface area contributed by atoms with Gasteiger partial charge in [-0.1, -0.05) is 23.4 Å². The third kappa shape index (κ3) is 3.52. The molecule has 0 fully saturated rings. The zero-order valence-corrected chi connectivity index (χ0v) is 15.1. The van der Waals surface area contributed by atoms with E-state index in [0.29, 0.717) is 28.1 Å². The van der Waals surface area contributed by atoms with E-state index in [1.807, 2.05) is 24.3 Å². The first kappa shape index (κ1) is 17.6. The van der Waals surface area contributed by atoms with Gasteiger partial charge in [-0.2, -0.15) is 0 Å². The maximum Gasteiger partial charge on any atom is 0.261 e. The normalized spacial score (nSPS) is 10.9. The van der Waals surface area contributed by atoms with Crippen molar-refractivity contribution in [3.05, 3.63) is 77.2 Å². The van der Waals surface area contributed by atoms with Crippen LogP contribution in [0.1, 0.15) is 5.76 Å². The standard InChI is InChI=1S/C20H17N5O3/c1-24(11-14-10-18(23-28-14)17-8-4-5-9-21-17)19(26)12-25-13-22-16-7-3-2-6-15(16)20(25)27/h2-10,13H,11-12H2,1H3. The molecule has 0 unspecified atom stereocenters. The number of pyridine rings is 1. The molecule has 140 valence electrons. The fourth-order valence-corrected chi connectivity index (χ4v) is 2.83. The zero-order chi connectivity index (χ0) is 19.5. The molecular formula is C20H17N5O3. The molecular weight excluding hydrogens is 358 g/mol. The van der Waals surface area contributed by atoms with Gasteiger partial charge in [0, 0.05) is 19.3 Å². The molecule has 0 atom stereocenters. The Hall–Kier alpha value is -3.81. The molecule has 0 saturated heterocycles. The number of rotatable bonds is 5. The molecule has 0 aliphatic carbocycles. The van der Waals surface area contributed by atoms with Gasteiger partial charge in [0.2, 0.25) is 5.91 Å². The van der Waals surface area contributed by atoms with E-state index in [1.54, 1.807) is 37.5 Å². The van der Waals surface area contributed by atoms with Crippen molar-refractivity contribution < 1.29 is 9.32 Å². The Morgan fingerprint density at radius 3 is 2.75 bits per heavy atom. The van der Waals surface area contributed by atoms with Crippen molar-refractivity contribution in [2.75, 3.05) is 7.05 Å². The minimum Gasteiger partial charge on any atom is -0.359 e. The molecule has 3 heterocycles. The van der Waals surface area contributed by atoms with Gasteiger partial charge in [-0.15, -0.1) is 0 Å². The third-order valence-corrected chi connectivity index (χ3v) is 4.34. The highest BCUT2D eigenvalue weighted by Gasteiger charge is 2.15. The maximum atomic E-state index is 12.5. The molecule has 4 aromatic rings. The van der Waals surface area contributed by atoms with Gasteiger partial charge >= 0.3 is 0 Å². The summed E-state index contributed by atoms with van der Waals surface area (Å²) < 4.78 is 6.61. The van der Waals surface area contributed by atoms with Gasteiger partial charge < -0.3 is 9.42 Å². The molecule has 28 heavy (non-hydrogen) atoms. The second-order valence-corrected chi connectivity index (χ2v) is 6.34. The first-order chi connectivity index (χ1) is 13.6. The van der Waals surface area contributed by atoms with E-state index < -0.39 is 0 Å². The van der Waals surface area contributed by atoms with Crippen LogP contribution >= 0.6 is 0 Å². The van der Waals surface area contributed by atoms with Crippen LogP contribution in [0.4, 0.5) is 0 Å². The molecule has 1 amide bonds. The number of likely N-dealkylation sites (N-methyl/N-ethyl adjacent to an activating group) is 1. The summed E-state index contributed by atoms with van der Waals surface area (Å²) in [6.45, 7) is 0.128. The molecule has 0 bridgehead atoms. The lowest BCUT2D eigenvalue weighted by Crippen LogP contribution is -2.33. The summed E-state index contributed by atoms with van der Waals surface area (Å²) in [5, 5.41) is 4.47. The van der Waals surface area contributed by atoms with E-state index in [1.165, 1.54) is 15.8 Å². The topological polar surface area (TPSA) is 94.1 Å². The van der Waals surface area contributed by atoms with E-state index in [9.17, 15) is 9.59 Å². The van der Waals surface area contributed by atoms with Crippen LogP contribution in [-0.4, -0.2) is 37.5 Å². The van der Waals surface area contributed by atoms with Crippen LogP contribution in [-0.2, 0) is 17.9 Å². The summed E-state index contributed by atoms with van der Waals surface area (Å²) in [7, 11) is 1.64. The monoisotopic (exact) mass is 375 g/mol. The number of amides is 1. The summed E-state index contributed by atoms with van der Waals surface area (Å²) in [5.74, 6) is 0.287. The number of aromatic nitrogens is 4. The molecule has 0 spiro atoms. The fraction of sp³-hybridized carbons (Fsp3) is 0.150. The van der Waals surface area contributed by atoms with Crippen LogP contribution in [0.5, 0.6) is 0 Å². The van der Waals surface area contributed by atoms with Crippen LogP contribution in [0.2, 0.25) is 0 Å². The third-order valence-electron chi connectivity index (χ3n) is 4.34. The van der Waals surface area contributed by atoms with E-state index in [2.05, 4.69) is 15.1 Å². The van der Waals surface area contributed by atoms with Gasteiger partial charge in [0.05, 0.1) is 29.5 Å². The molecule has 0 saturated carbocycles. The molecule has 8 nitrogen and oxygen atoms in total. The highest BCUT2D eigenvalue weighted by molar-refractivity contribution is 5.78. The second kappa shape index (κ2) is 7.43. The van der Waals surface area contributed by atoms with Crippen molar-refractivity contribution in [2.24, 2.45) is 0 Å². The molecule has 1 aromatic carbocycles. The fourth-order valence-electron chi connectivity index (χ4n) is 2.83. The molecule has 4 rings (SSSR count). The molecule has 0 N–H and O–H groups in total. The lowest BCUT2D eigenvalue weighted by molar-refractivity contribution is -0.131. The van der Waals surface area contributed by atoms with Gasteiger partial charge in [0.25, 0.3) is 5.56 Å². The van der Waals surface area contributed by atoms with Crippen molar-refractivity contribution in [3.63, 3.8) is 0 Å². The summed E-state index contributed by atoms with van der Waals surface area (Å²) in [6, 6.07) is 14.3. The van der Waals surface area contributed by atoms with Crippen LogP contribution in [0.3, 0.4) is 0 Å². The predicted octanol–water partition coefficient (Wildman–Crippen LogP) is 2.11. The molecule has 0 aliphatic heterocycles. The Morgan fingerprint density at radius 1 is 1.11 bits per heavy atom. The largest absolute Gasteiger partial charge is 0.359 e. The Kier molecular flexibility index (Phi) is 4.67. The average Bonchev–Trinajstić information content (AvgIpc) is 3.19. The van der Waals surface area contributed by atoms with E-state index in [-0.39, 0.29) is 24.6 Å². The number of carbonyl (C=O) groups excluding carboxylic acids is 1. The highest BCUT2D eigenvalue weighted by atomic mass is 16.5. The second-order valence-electron chi connectivity index (χ2n) is 6.34. The van der Waals surface area contributed by atoms with Crippen molar-refractivity contribution in [1.29, 1.82) is 0 Å². The number of carbonyl (C=O) groups is 1. The zero-order valence-electron chi connectivity index (χ0n) is 15.1. The first-order valence-corrected chi connectivity index (χ1v) is 8.67. The summed E-state index contributed by atoms with van der Waals surface area (Å²) in [5.41, 5.74) is 1.66. The average molecular weight is 375 g/mol.